The largest absolute Gasteiger partial charge is 0.374 e. The molecular weight excluding hydrogens is 459 g/mol. The number of aromatic nitrogens is 7. The van der Waals surface area contributed by atoms with E-state index in [0.717, 1.165) is 16.6 Å². The summed E-state index contributed by atoms with van der Waals surface area (Å²) in [6.07, 6.45) is 8.27. The Hall–Kier alpha value is -4.70. The molecule has 1 unspecified atom stereocenters. The molecule has 5 aromatic heterocycles. The monoisotopic (exact) mass is 480 g/mol. The third-order valence-corrected chi connectivity index (χ3v) is 6.02. The Bertz CT molecular complexity index is 1700. The summed E-state index contributed by atoms with van der Waals surface area (Å²) in [6, 6.07) is 10.8. The number of aliphatic hydroxyl groups is 1. The van der Waals surface area contributed by atoms with Crippen LogP contribution in [0, 0.1) is 5.82 Å². The van der Waals surface area contributed by atoms with E-state index < -0.39 is 12.0 Å². The first-order valence-corrected chi connectivity index (χ1v) is 11.4. The van der Waals surface area contributed by atoms with Gasteiger partial charge in [-0.1, -0.05) is 6.92 Å². The average Bonchev–Trinajstić information content (AvgIpc) is 3.53. The summed E-state index contributed by atoms with van der Waals surface area (Å²) in [6.45, 7) is 1.87. The molecule has 36 heavy (non-hydrogen) atoms. The van der Waals surface area contributed by atoms with Gasteiger partial charge in [0.25, 0.3) is 0 Å². The third-order valence-electron chi connectivity index (χ3n) is 6.02. The highest BCUT2D eigenvalue weighted by molar-refractivity contribution is 5.97. The number of H-pyrrole nitrogens is 2. The van der Waals surface area contributed by atoms with Gasteiger partial charge in [-0.3, -0.25) is 15.1 Å². The van der Waals surface area contributed by atoms with Crippen LogP contribution in [-0.4, -0.2) is 46.5 Å². The lowest BCUT2D eigenvalue weighted by Gasteiger charge is -2.12. The van der Waals surface area contributed by atoms with E-state index in [9.17, 15) is 5.11 Å². The number of imidazole rings is 1. The molecule has 0 bridgehead atoms. The van der Waals surface area contributed by atoms with Gasteiger partial charge in [0.1, 0.15) is 17.4 Å². The number of fused-ring (bicyclic) bond motifs is 2. The molecule has 9 nitrogen and oxygen atoms in total. The van der Waals surface area contributed by atoms with Crippen LogP contribution in [0.3, 0.4) is 0 Å². The van der Waals surface area contributed by atoms with Gasteiger partial charge in [-0.05, 0) is 53.9 Å². The number of hydrogen-bond acceptors (Lipinski definition) is 7. The van der Waals surface area contributed by atoms with E-state index in [0.29, 0.717) is 45.8 Å². The van der Waals surface area contributed by atoms with Gasteiger partial charge in [0.2, 0.25) is 0 Å². The molecule has 5 heterocycles. The van der Waals surface area contributed by atoms with Crippen molar-refractivity contribution in [1.29, 1.82) is 0 Å². The van der Waals surface area contributed by atoms with Crippen molar-refractivity contribution < 1.29 is 9.50 Å². The van der Waals surface area contributed by atoms with Crippen molar-refractivity contribution in [3.63, 3.8) is 0 Å². The zero-order valence-electron chi connectivity index (χ0n) is 19.2. The molecule has 6 aromatic rings. The lowest BCUT2D eigenvalue weighted by molar-refractivity contribution is 0.199. The standard InChI is InChI=1S/C26H21FN8O/c1-2-21(36)31-17-9-16(12-29-13-17)15-10-19-22(20(27)11-15)34-35-24(19)26-32-23-18(5-8-30-25(23)33-26)14-3-6-28-7-4-14/h3-13,21,31,36H,2H2,1H3,(H,34,35)(H,30,32,33). The molecule has 1 aromatic carbocycles. The Morgan fingerprint density at radius 3 is 2.69 bits per heavy atom. The molecule has 0 spiro atoms. The summed E-state index contributed by atoms with van der Waals surface area (Å²) in [5, 5.41) is 20.6. The summed E-state index contributed by atoms with van der Waals surface area (Å²) < 4.78 is 15.1. The van der Waals surface area contributed by atoms with Crippen molar-refractivity contribution in [2.24, 2.45) is 0 Å². The Morgan fingerprint density at radius 1 is 1.00 bits per heavy atom. The fourth-order valence-electron chi connectivity index (χ4n) is 4.20. The normalized spacial score (nSPS) is 12.3. The van der Waals surface area contributed by atoms with Crippen LogP contribution < -0.4 is 5.32 Å². The SMILES string of the molecule is CCC(O)Nc1cncc(-c2cc(F)c3n[nH]c(-c4nc5nccc(-c6ccncc6)c5[nH]4)c3c2)c1. The number of nitrogens with one attached hydrogen (secondary N) is 3. The molecular formula is C26H21FN8O. The zero-order valence-corrected chi connectivity index (χ0v) is 19.2. The van der Waals surface area contributed by atoms with Gasteiger partial charge >= 0.3 is 0 Å². The highest BCUT2D eigenvalue weighted by atomic mass is 19.1. The number of aliphatic hydroxyl groups excluding tert-OH is 1. The minimum atomic E-state index is -0.694. The molecule has 0 aliphatic rings. The Balaban J connectivity index is 1.46. The van der Waals surface area contributed by atoms with Crippen molar-refractivity contribution in [3.05, 3.63) is 73.2 Å². The summed E-state index contributed by atoms with van der Waals surface area (Å²) in [5.74, 6) is 0.0290. The lowest BCUT2D eigenvalue weighted by atomic mass is 10.0. The number of nitrogens with zero attached hydrogens (tertiary/aromatic N) is 5. The molecule has 178 valence electrons. The van der Waals surface area contributed by atoms with Crippen LogP contribution in [0.4, 0.5) is 10.1 Å². The van der Waals surface area contributed by atoms with Crippen molar-refractivity contribution in [1.82, 2.24) is 35.1 Å². The van der Waals surface area contributed by atoms with Gasteiger partial charge in [0.05, 0.1) is 17.4 Å². The molecule has 0 saturated heterocycles. The molecule has 0 aliphatic carbocycles. The van der Waals surface area contributed by atoms with Gasteiger partial charge < -0.3 is 15.4 Å². The van der Waals surface area contributed by atoms with Gasteiger partial charge in [-0.2, -0.15) is 5.10 Å². The van der Waals surface area contributed by atoms with Crippen LogP contribution >= 0.6 is 0 Å². The van der Waals surface area contributed by atoms with Gasteiger partial charge in [0, 0.05) is 41.3 Å². The first-order chi connectivity index (χ1) is 17.6. The van der Waals surface area contributed by atoms with Gasteiger partial charge in [-0.25, -0.2) is 14.4 Å². The van der Waals surface area contributed by atoms with E-state index in [1.165, 1.54) is 6.07 Å². The minimum absolute atomic E-state index is 0.208. The molecule has 4 N–H and O–H groups in total. The molecule has 1 atom stereocenters. The number of benzene rings is 1. The summed E-state index contributed by atoms with van der Waals surface area (Å²) in [5.41, 5.74) is 5.92. The first kappa shape index (κ1) is 21.8. The summed E-state index contributed by atoms with van der Waals surface area (Å²) >= 11 is 0. The number of anilines is 1. The smallest absolute Gasteiger partial charge is 0.178 e. The maximum absolute atomic E-state index is 15.1. The van der Waals surface area contributed by atoms with Crippen molar-refractivity contribution in [3.8, 4) is 33.8 Å². The maximum Gasteiger partial charge on any atom is 0.178 e. The predicted octanol–water partition coefficient (Wildman–Crippen LogP) is 4.90. The average molecular weight is 481 g/mol. The van der Waals surface area contributed by atoms with Crippen LogP contribution in [-0.2, 0) is 0 Å². The van der Waals surface area contributed by atoms with Crippen LogP contribution in [0.1, 0.15) is 13.3 Å². The molecule has 0 saturated carbocycles. The molecule has 0 radical (unpaired) electrons. The molecule has 6 rings (SSSR count). The summed E-state index contributed by atoms with van der Waals surface area (Å²) in [7, 11) is 0. The zero-order chi connectivity index (χ0) is 24.6. The highest BCUT2D eigenvalue weighted by Gasteiger charge is 2.18. The molecule has 0 aliphatic heterocycles. The van der Waals surface area contributed by atoms with E-state index in [1.54, 1.807) is 31.0 Å². The molecule has 0 fully saturated rings. The fraction of sp³-hybridized carbons (Fsp3) is 0.115. The first-order valence-electron chi connectivity index (χ1n) is 11.4. The summed E-state index contributed by atoms with van der Waals surface area (Å²) in [4.78, 5) is 20.7. The second-order valence-electron chi connectivity index (χ2n) is 8.36. The lowest BCUT2D eigenvalue weighted by Crippen LogP contribution is -2.16. The van der Waals surface area contributed by atoms with Crippen molar-refractivity contribution >= 4 is 27.8 Å². The number of rotatable bonds is 6. The van der Waals surface area contributed by atoms with E-state index >= 15 is 4.39 Å². The van der Waals surface area contributed by atoms with E-state index in [-0.39, 0.29) is 5.52 Å². The molecule has 10 heteroatoms. The Morgan fingerprint density at radius 2 is 1.86 bits per heavy atom. The molecule has 0 amide bonds. The minimum Gasteiger partial charge on any atom is -0.374 e. The van der Waals surface area contributed by atoms with Crippen molar-refractivity contribution in [2.75, 3.05) is 5.32 Å². The van der Waals surface area contributed by atoms with Crippen LogP contribution in [0.5, 0.6) is 0 Å². The third kappa shape index (κ3) is 3.83. The van der Waals surface area contributed by atoms with E-state index in [4.69, 9.17) is 0 Å². The fourth-order valence-corrected chi connectivity index (χ4v) is 4.20. The van der Waals surface area contributed by atoms with E-state index in [1.807, 2.05) is 37.3 Å². The maximum atomic E-state index is 15.1. The van der Waals surface area contributed by atoms with Crippen LogP contribution in [0.15, 0.2) is 67.4 Å². The Kier molecular flexibility index (Phi) is 5.34. The van der Waals surface area contributed by atoms with E-state index in [2.05, 4.69) is 40.4 Å². The topological polar surface area (TPSA) is 128 Å². The van der Waals surface area contributed by atoms with Gasteiger partial charge in [0.15, 0.2) is 17.3 Å². The Labute approximate surface area is 204 Å². The number of pyridine rings is 3. The predicted molar refractivity (Wildman–Crippen MR) is 135 cm³/mol. The van der Waals surface area contributed by atoms with Crippen LogP contribution in [0.25, 0.3) is 55.8 Å². The number of hydrogen-bond donors (Lipinski definition) is 4. The number of halogens is 1. The highest BCUT2D eigenvalue weighted by Crippen LogP contribution is 2.34. The van der Waals surface area contributed by atoms with Crippen LogP contribution in [0.2, 0.25) is 0 Å². The quantitative estimate of drug-likeness (QED) is 0.250. The van der Waals surface area contributed by atoms with Gasteiger partial charge in [-0.15, -0.1) is 0 Å². The van der Waals surface area contributed by atoms with Crippen molar-refractivity contribution in [2.45, 2.75) is 19.6 Å². The second kappa shape index (κ2) is 8.82. The second-order valence-corrected chi connectivity index (χ2v) is 8.36. The number of aromatic amines is 2.